The number of unbranched alkanes of at least 4 members (excludes halogenated alkanes) is 1. The monoisotopic (exact) mass is 543 g/mol. The molecule has 2 amide bonds. The van der Waals surface area contributed by atoms with Crippen LogP contribution in [0.3, 0.4) is 0 Å². The highest BCUT2D eigenvalue weighted by Crippen LogP contribution is 2.43. The molecular formula is C31H37N5O4. The van der Waals surface area contributed by atoms with Gasteiger partial charge < -0.3 is 9.47 Å². The van der Waals surface area contributed by atoms with E-state index in [1.807, 2.05) is 70.2 Å². The van der Waals surface area contributed by atoms with E-state index in [2.05, 4.69) is 22.0 Å². The summed E-state index contributed by atoms with van der Waals surface area (Å²) in [7, 11) is 1.65. The number of carbonyl (C=O) groups excluding carboxylic acids is 2. The molecule has 210 valence electrons. The third-order valence-electron chi connectivity index (χ3n) is 7.78. The number of aromatic nitrogens is 1. The maximum atomic E-state index is 13.4. The number of pyridine rings is 1. The number of hydrogen-bond donors (Lipinski definition) is 2. The zero-order valence-electron chi connectivity index (χ0n) is 23.8. The van der Waals surface area contributed by atoms with Gasteiger partial charge in [0.1, 0.15) is 17.0 Å². The molecule has 5 rings (SSSR count). The first-order valence-corrected chi connectivity index (χ1v) is 13.8. The van der Waals surface area contributed by atoms with Gasteiger partial charge in [0, 0.05) is 30.0 Å². The number of methoxy groups -OCH3 is 1. The highest BCUT2D eigenvalue weighted by atomic mass is 16.5. The van der Waals surface area contributed by atoms with Gasteiger partial charge in [0.25, 0.3) is 0 Å². The van der Waals surface area contributed by atoms with Crippen LogP contribution in [0.5, 0.6) is 11.5 Å². The van der Waals surface area contributed by atoms with E-state index in [1.54, 1.807) is 12.1 Å². The topological polar surface area (TPSA) is 105 Å². The third kappa shape index (κ3) is 5.38. The molecule has 1 saturated heterocycles. The quantitative estimate of drug-likeness (QED) is 0.380. The van der Waals surface area contributed by atoms with E-state index >= 15 is 0 Å². The number of nitrogens with one attached hydrogen (secondary N) is 2. The molecule has 0 spiro atoms. The van der Waals surface area contributed by atoms with Gasteiger partial charge in [0.2, 0.25) is 11.8 Å². The maximum Gasteiger partial charge on any atom is 0.244 e. The molecule has 0 aliphatic carbocycles. The van der Waals surface area contributed by atoms with Gasteiger partial charge >= 0.3 is 0 Å². The second-order valence-electron chi connectivity index (χ2n) is 11.2. The Morgan fingerprint density at radius 3 is 2.55 bits per heavy atom. The fraction of sp³-hybridized carbons (Fsp3) is 0.419. The summed E-state index contributed by atoms with van der Waals surface area (Å²) in [5.41, 5.74) is 10.0. The number of hydrogen-bond acceptors (Lipinski definition) is 7. The Bertz CT molecular complexity index is 1450. The summed E-state index contributed by atoms with van der Waals surface area (Å²) in [5, 5.41) is 6.95. The van der Waals surface area contributed by atoms with Gasteiger partial charge in [-0.2, -0.15) is 5.10 Å². The van der Waals surface area contributed by atoms with Crippen molar-refractivity contribution in [2.45, 2.75) is 53.0 Å². The Labute approximate surface area is 234 Å². The van der Waals surface area contributed by atoms with E-state index in [4.69, 9.17) is 14.5 Å². The van der Waals surface area contributed by atoms with Gasteiger partial charge in [0.05, 0.1) is 30.9 Å². The smallest absolute Gasteiger partial charge is 0.244 e. The molecule has 0 saturated carbocycles. The van der Waals surface area contributed by atoms with Crippen molar-refractivity contribution in [2.24, 2.45) is 16.4 Å². The molecule has 2 atom stereocenters. The zero-order valence-corrected chi connectivity index (χ0v) is 23.8. The number of amides is 2. The number of rotatable bonds is 9. The van der Waals surface area contributed by atoms with E-state index in [0.29, 0.717) is 19.6 Å². The van der Waals surface area contributed by atoms with Crippen molar-refractivity contribution >= 4 is 28.4 Å². The van der Waals surface area contributed by atoms with E-state index in [1.165, 1.54) is 0 Å². The van der Waals surface area contributed by atoms with Crippen LogP contribution in [0, 0.1) is 18.3 Å². The average molecular weight is 544 g/mol. The molecular weight excluding hydrogens is 506 g/mol. The highest BCUT2D eigenvalue weighted by Gasteiger charge is 2.48. The summed E-state index contributed by atoms with van der Waals surface area (Å²) in [4.78, 5) is 29.6. The van der Waals surface area contributed by atoms with E-state index in [0.717, 1.165) is 57.8 Å². The lowest BCUT2D eigenvalue weighted by atomic mass is 9.80. The standard InChI is InChI=1S/C31H37N5O4/c1-19-18-26(37)33-34-27(19)21-9-11-22(12-10-21)40-17-7-6-16-36-30(38)31(3,4)29(35-36)24-14-15-25(39-5)28-23(24)13-8-20(2)32-28/h8-15,19,29,35H,6-7,16-18H2,1-5H3,(H,33,37). The SMILES string of the molecule is COc1ccc(C2NN(CCCCOc3ccc(C4=NNC(=O)CC4C)cc3)C(=O)C2(C)C)c2ccc(C)nc12. The van der Waals surface area contributed by atoms with Crippen LogP contribution in [0.1, 0.15) is 62.9 Å². The predicted octanol–water partition coefficient (Wildman–Crippen LogP) is 4.69. The highest BCUT2D eigenvalue weighted by molar-refractivity contribution is 6.05. The van der Waals surface area contributed by atoms with Gasteiger partial charge in [-0.25, -0.2) is 15.8 Å². The molecule has 1 fully saturated rings. The lowest BCUT2D eigenvalue weighted by molar-refractivity contribution is -0.136. The Morgan fingerprint density at radius 2 is 1.82 bits per heavy atom. The first-order valence-electron chi connectivity index (χ1n) is 13.8. The normalized spacial score (nSPS) is 20.4. The van der Waals surface area contributed by atoms with Gasteiger partial charge in [-0.15, -0.1) is 0 Å². The molecule has 2 aliphatic heterocycles. The van der Waals surface area contributed by atoms with Gasteiger partial charge in [-0.05, 0) is 81.1 Å². The number of carbonyl (C=O) groups is 2. The first-order chi connectivity index (χ1) is 19.2. The lowest BCUT2D eigenvalue weighted by Gasteiger charge is -2.24. The van der Waals surface area contributed by atoms with Crippen molar-refractivity contribution in [1.82, 2.24) is 20.8 Å². The molecule has 1 aromatic heterocycles. The van der Waals surface area contributed by atoms with Crippen LogP contribution >= 0.6 is 0 Å². The summed E-state index contributed by atoms with van der Waals surface area (Å²) >= 11 is 0. The van der Waals surface area contributed by atoms with Gasteiger partial charge in [0.15, 0.2) is 0 Å². The van der Waals surface area contributed by atoms with Crippen LogP contribution < -0.4 is 20.3 Å². The Hall–Kier alpha value is -3.98. The second kappa shape index (κ2) is 11.3. The van der Waals surface area contributed by atoms with E-state index in [9.17, 15) is 9.59 Å². The van der Waals surface area contributed by atoms with Gasteiger partial charge in [-0.3, -0.25) is 14.6 Å². The largest absolute Gasteiger partial charge is 0.494 e. The van der Waals surface area contributed by atoms with Crippen molar-refractivity contribution < 1.29 is 19.1 Å². The van der Waals surface area contributed by atoms with Crippen LogP contribution in [-0.2, 0) is 9.59 Å². The maximum absolute atomic E-state index is 13.4. The number of aryl methyl sites for hydroxylation is 1. The Balaban J connectivity index is 1.17. The molecule has 9 heteroatoms. The van der Waals surface area contributed by atoms with E-state index in [-0.39, 0.29) is 23.8 Å². The minimum atomic E-state index is -0.617. The molecule has 2 unspecified atom stereocenters. The molecule has 9 nitrogen and oxygen atoms in total. The minimum Gasteiger partial charge on any atom is -0.494 e. The van der Waals surface area contributed by atoms with Crippen LogP contribution in [0.15, 0.2) is 53.6 Å². The summed E-state index contributed by atoms with van der Waals surface area (Å²) in [6, 6.07) is 15.6. The molecule has 0 bridgehead atoms. The summed E-state index contributed by atoms with van der Waals surface area (Å²) in [5.74, 6) is 1.61. The van der Waals surface area contributed by atoms with Crippen LogP contribution in [0.2, 0.25) is 0 Å². The van der Waals surface area contributed by atoms with E-state index < -0.39 is 5.41 Å². The number of fused-ring (bicyclic) bond motifs is 1. The average Bonchev–Trinajstić information content (AvgIpc) is 3.16. The van der Waals surface area contributed by atoms with Crippen molar-refractivity contribution in [3.8, 4) is 11.5 Å². The predicted molar refractivity (Wildman–Crippen MR) is 154 cm³/mol. The van der Waals surface area contributed by atoms with Crippen molar-refractivity contribution in [1.29, 1.82) is 0 Å². The van der Waals surface area contributed by atoms with Crippen LogP contribution in [-0.4, -0.2) is 47.8 Å². The second-order valence-corrected chi connectivity index (χ2v) is 11.2. The van der Waals surface area contributed by atoms with Crippen LogP contribution in [0.25, 0.3) is 10.9 Å². The zero-order chi connectivity index (χ0) is 28.4. The summed E-state index contributed by atoms with van der Waals surface area (Å²) in [6.45, 7) is 9.09. The van der Waals surface area contributed by atoms with Crippen LogP contribution in [0.4, 0.5) is 0 Å². The molecule has 2 aromatic carbocycles. The number of benzene rings is 2. The fourth-order valence-corrected chi connectivity index (χ4v) is 5.49. The van der Waals surface area contributed by atoms with Crippen molar-refractivity contribution in [2.75, 3.05) is 20.3 Å². The number of nitrogens with zero attached hydrogens (tertiary/aromatic N) is 3. The first kappa shape index (κ1) is 27.6. The number of hydrazone groups is 1. The number of hydrazine groups is 1. The lowest BCUT2D eigenvalue weighted by Crippen LogP contribution is -2.36. The summed E-state index contributed by atoms with van der Waals surface area (Å²) < 4.78 is 11.5. The third-order valence-corrected chi connectivity index (χ3v) is 7.78. The number of ether oxygens (including phenoxy) is 2. The van der Waals surface area contributed by atoms with Crippen molar-refractivity contribution in [3.63, 3.8) is 0 Å². The van der Waals surface area contributed by atoms with Gasteiger partial charge in [-0.1, -0.05) is 19.1 Å². The molecule has 3 aromatic rings. The molecule has 0 radical (unpaired) electrons. The summed E-state index contributed by atoms with van der Waals surface area (Å²) in [6.07, 6.45) is 2.05. The Morgan fingerprint density at radius 1 is 1.05 bits per heavy atom. The van der Waals surface area contributed by atoms with Crippen molar-refractivity contribution in [3.05, 3.63) is 65.4 Å². The molecule has 2 aliphatic rings. The molecule has 2 N–H and O–H groups in total. The molecule has 3 heterocycles. The Kier molecular flexibility index (Phi) is 7.76. The molecule has 40 heavy (non-hydrogen) atoms. The fourth-order valence-electron chi connectivity index (χ4n) is 5.49. The minimum absolute atomic E-state index is 0.0530.